The molecule has 1 aliphatic heterocycles. The van der Waals surface area contributed by atoms with Crippen LogP contribution in [0.1, 0.15) is 60.8 Å². The molecule has 144 valence electrons. The van der Waals surface area contributed by atoms with Crippen molar-refractivity contribution >= 4 is 0 Å². The van der Waals surface area contributed by atoms with Crippen LogP contribution in [0.25, 0.3) is 0 Å². The molecule has 0 amide bonds. The molecule has 0 spiro atoms. The van der Waals surface area contributed by atoms with E-state index in [1.165, 1.54) is 0 Å². The molecular weight excluding hydrogens is 300 g/mol. The van der Waals surface area contributed by atoms with Gasteiger partial charge >= 0.3 is 0 Å². The summed E-state index contributed by atoms with van der Waals surface area (Å²) in [5, 5.41) is 7.35. The number of nitrogens with one attached hydrogen (secondary N) is 2. The van der Waals surface area contributed by atoms with Gasteiger partial charge < -0.3 is 17.2 Å². The minimum absolute atomic E-state index is 0.0195. The number of hydrogen-bond donors (Lipinski definition) is 5. The van der Waals surface area contributed by atoms with Gasteiger partial charge in [0.05, 0.1) is 12.3 Å². The lowest BCUT2D eigenvalue weighted by Gasteiger charge is -2.67. The van der Waals surface area contributed by atoms with Crippen LogP contribution in [0.15, 0.2) is 0 Å². The average molecular weight is 343 g/mol. The summed E-state index contributed by atoms with van der Waals surface area (Å²) < 4.78 is 0. The monoisotopic (exact) mass is 342 g/mol. The van der Waals surface area contributed by atoms with Crippen molar-refractivity contribution < 1.29 is 0 Å². The molecule has 1 saturated heterocycles. The van der Waals surface area contributed by atoms with Crippen LogP contribution < -0.4 is 27.8 Å². The quantitative estimate of drug-likeness (QED) is 0.428. The van der Waals surface area contributed by atoms with E-state index in [-0.39, 0.29) is 22.0 Å². The van der Waals surface area contributed by atoms with Crippen LogP contribution in [0.3, 0.4) is 0 Å². The zero-order valence-electron chi connectivity index (χ0n) is 16.8. The third kappa shape index (κ3) is 3.79. The SMILES string of the molecule is CC(C)(CCN)N1CNCNC1(C(C)(C)CCN)C(C)(C)CCN. The van der Waals surface area contributed by atoms with Gasteiger partial charge in [0.25, 0.3) is 0 Å². The molecule has 0 aromatic rings. The molecule has 0 aromatic heterocycles. The van der Waals surface area contributed by atoms with Gasteiger partial charge in [0.2, 0.25) is 0 Å². The second-order valence-corrected chi connectivity index (χ2v) is 9.10. The largest absolute Gasteiger partial charge is 0.330 e. The fourth-order valence-electron chi connectivity index (χ4n) is 4.94. The third-order valence-corrected chi connectivity index (χ3v) is 6.13. The number of hydrogen-bond acceptors (Lipinski definition) is 6. The summed E-state index contributed by atoms with van der Waals surface area (Å²) in [6, 6.07) is 0. The summed E-state index contributed by atoms with van der Waals surface area (Å²) in [6.45, 7) is 17.6. The Morgan fingerprint density at radius 3 is 1.71 bits per heavy atom. The number of nitrogens with two attached hydrogens (primary N) is 3. The molecule has 0 aromatic carbocycles. The molecule has 0 bridgehead atoms. The van der Waals surface area contributed by atoms with E-state index in [1.54, 1.807) is 0 Å². The minimum atomic E-state index is -0.220. The Labute approximate surface area is 149 Å². The van der Waals surface area contributed by atoms with Crippen molar-refractivity contribution in [3.8, 4) is 0 Å². The predicted molar refractivity (Wildman–Crippen MR) is 103 cm³/mol. The van der Waals surface area contributed by atoms with Gasteiger partial charge in [-0.3, -0.25) is 15.5 Å². The van der Waals surface area contributed by atoms with Crippen LogP contribution in [0.4, 0.5) is 0 Å². The second-order valence-electron chi connectivity index (χ2n) is 9.10. The Morgan fingerprint density at radius 1 is 0.833 bits per heavy atom. The van der Waals surface area contributed by atoms with E-state index in [0.29, 0.717) is 19.6 Å². The summed E-state index contributed by atoms with van der Waals surface area (Å²) in [5.41, 5.74) is 17.7. The van der Waals surface area contributed by atoms with Crippen LogP contribution >= 0.6 is 0 Å². The number of rotatable bonds is 9. The van der Waals surface area contributed by atoms with Crippen molar-refractivity contribution in [2.45, 2.75) is 72.0 Å². The summed E-state index contributed by atoms with van der Waals surface area (Å²) in [4.78, 5) is 2.58. The first-order valence-electron chi connectivity index (χ1n) is 9.36. The maximum atomic E-state index is 6.00. The van der Waals surface area contributed by atoms with Crippen molar-refractivity contribution in [3.63, 3.8) is 0 Å². The molecule has 0 unspecified atom stereocenters. The molecule has 24 heavy (non-hydrogen) atoms. The highest BCUT2D eigenvalue weighted by Gasteiger charge is 2.60. The van der Waals surface area contributed by atoms with Crippen molar-refractivity contribution in [2.24, 2.45) is 28.0 Å². The minimum Gasteiger partial charge on any atom is -0.330 e. The normalized spacial score (nSPS) is 20.4. The van der Waals surface area contributed by atoms with Gasteiger partial charge in [-0.15, -0.1) is 0 Å². The zero-order chi connectivity index (χ0) is 18.6. The molecule has 8 N–H and O–H groups in total. The molecule has 0 aliphatic carbocycles. The standard InChI is InChI=1S/C18H42N6/c1-15(2,7-10-19)18(16(3,4)8-11-20)23-13-22-14-24(18)17(5,6)9-12-21/h22-23H,7-14,19-21H2,1-6H3. The van der Waals surface area contributed by atoms with E-state index >= 15 is 0 Å². The average Bonchev–Trinajstić information content (AvgIpc) is 2.46. The first kappa shape index (κ1) is 21.8. The zero-order valence-corrected chi connectivity index (χ0v) is 16.8. The summed E-state index contributed by atoms with van der Waals surface area (Å²) in [7, 11) is 0. The maximum absolute atomic E-state index is 6.00. The van der Waals surface area contributed by atoms with E-state index < -0.39 is 0 Å². The van der Waals surface area contributed by atoms with E-state index in [9.17, 15) is 0 Å². The molecule has 1 heterocycles. The Balaban J connectivity index is 3.52. The molecule has 6 heteroatoms. The summed E-state index contributed by atoms with van der Waals surface area (Å²) in [6.07, 6.45) is 2.84. The van der Waals surface area contributed by atoms with Crippen molar-refractivity contribution in [1.82, 2.24) is 15.5 Å². The van der Waals surface area contributed by atoms with Gasteiger partial charge in [-0.2, -0.15) is 0 Å². The van der Waals surface area contributed by atoms with Crippen molar-refractivity contribution in [2.75, 3.05) is 33.0 Å². The summed E-state index contributed by atoms with van der Waals surface area (Å²) >= 11 is 0. The van der Waals surface area contributed by atoms with Gasteiger partial charge in [-0.25, -0.2) is 0 Å². The van der Waals surface area contributed by atoms with Gasteiger partial charge in [0.1, 0.15) is 0 Å². The Morgan fingerprint density at radius 2 is 1.29 bits per heavy atom. The Kier molecular flexibility index (Phi) is 7.24. The molecule has 1 aliphatic rings. The smallest absolute Gasteiger partial charge is 0.0842 e. The fourth-order valence-corrected chi connectivity index (χ4v) is 4.94. The van der Waals surface area contributed by atoms with E-state index in [0.717, 1.165) is 32.6 Å². The first-order valence-corrected chi connectivity index (χ1v) is 9.36. The fraction of sp³-hybridized carbons (Fsp3) is 1.00. The van der Waals surface area contributed by atoms with Gasteiger partial charge in [0.15, 0.2) is 0 Å². The lowest BCUT2D eigenvalue weighted by molar-refractivity contribution is -0.188. The van der Waals surface area contributed by atoms with Crippen molar-refractivity contribution in [1.29, 1.82) is 0 Å². The lowest BCUT2D eigenvalue weighted by Crippen LogP contribution is -2.82. The maximum Gasteiger partial charge on any atom is 0.0842 e. The molecule has 1 rings (SSSR count). The Hall–Kier alpha value is -0.240. The predicted octanol–water partition coefficient (Wildman–Crippen LogP) is 0.970. The Bertz CT molecular complexity index is 373. The molecule has 6 nitrogen and oxygen atoms in total. The highest BCUT2D eigenvalue weighted by molar-refractivity contribution is 5.12. The lowest BCUT2D eigenvalue weighted by atomic mass is 9.59. The van der Waals surface area contributed by atoms with Crippen LogP contribution in [-0.2, 0) is 0 Å². The molecule has 0 radical (unpaired) electrons. The van der Waals surface area contributed by atoms with Gasteiger partial charge in [0, 0.05) is 12.2 Å². The highest BCUT2D eigenvalue weighted by atomic mass is 15.5. The summed E-state index contributed by atoms with van der Waals surface area (Å²) in [5.74, 6) is 0. The van der Waals surface area contributed by atoms with Crippen LogP contribution in [-0.4, -0.2) is 49.1 Å². The van der Waals surface area contributed by atoms with Crippen LogP contribution in [0.5, 0.6) is 0 Å². The van der Waals surface area contributed by atoms with E-state index in [1.807, 2.05) is 0 Å². The van der Waals surface area contributed by atoms with Crippen molar-refractivity contribution in [3.05, 3.63) is 0 Å². The third-order valence-electron chi connectivity index (χ3n) is 6.13. The molecule has 0 atom stereocenters. The van der Waals surface area contributed by atoms with E-state index in [4.69, 9.17) is 17.2 Å². The highest BCUT2D eigenvalue weighted by Crippen LogP contribution is 2.52. The van der Waals surface area contributed by atoms with Gasteiger partial charge in [-0.1, -0.05) is 27.7 Å². The molecular formula is C18H42N6. The molecule has 1 fully saturated rings. The van der Waals surface area contributed by atoms with Crippen LogP contribution in [0.2, 0.25) is 0 Å². The topological polar surface area (TPSA) is 105 Å². The van der Waals surface area contributed by atoms with Gasteiger partial charge in [-0.05, 0) is 63.6 Å². The first-order chi connectivity index (χ1) is 11.0. The van der Waals surface area contributed by atoms with E-state index in [2.05, 4.69) is 57.1 Å². The van der Waals surface area contributed by atoms with Crippen LogP contribution in [0, 0.1) is 10.8 Å². The molecule has 0 saturated carbocycles. The number of nitrogens with zero attached hydrogens (tertiary/aromatic N) is 1. The second kappa shape index (κ2) is 7.98.